The normalized spacial score (nSPS) is 14.5. The number of piperazine rings is 1. The molecular formula is C19H23N6O2S+. The van der Waals surface area contributed by atoms with Crippen molar-refractivity contribution in [2.45, 2.75) is 18.6 Å². The first-order valence-electron chi connectivity index (χ1n) is 9.35. The van der Waals surface area contributed by atoms with E-state index in [1.54, 1.807) is 6.26 Å². The fraction of sp³-hybridized carbons (Fsp3) is 0.368. The van der Waals surface area contributed by atoms with E-state index in [-0.39, 0.29) is 5.91 Å². The van der Waals surface area contributed by atoms with Gasteiger partial charge in [-0.05, 0) is 19.1 Å². The Bertz CT molecular complexity index is 904. The zero-order valence-electron chi connectivity index (χ0n) is 15.7. The van der Waals surface area contributed by atoms with Crippen LogP contribution in [-0.2, 0) is 11.3 Å². The number of hydrogen-bond acceptors (Lipinski definition) is 6. The van der Waals surface area contributed by atoms with E-state index in [4.69, 9.17) is 4.42 Å². The summed E-state index contributed by atoms with van der Waals surface area (Å²) in [5.74, 6) is 1.87. The van der Waals surface area contributed by atoms with Crippen molar-refractivity contribution in [3.05, 3.63) is 42.9 Å². The highest BCUT2D eigenvalue weighted by atomic mass is 32.2. The zero-order chi connectivity index (χ0) is 19.3. The number of amides is 1. The fourth-order valence-corrected chi connectivity index (χ4v) is 4.19. The van der Waals surface area contributed by atoms with Gasteiger partial charge in [0.25, 0.3) is 0 Å². The van der Waals surface area contributed by atoms with Crippen LogP contribution in [0.1, 0.15) is 6.92 Å². The largest absolute Gasteiger partial charge is 0.461 e. The Morgan fingerprint density at radius 3 is 2.64 bits per heavy atom. The minimum Gasteiger partial charge on any atom is -0.461 e. The van der Waals surface area contributed by atoms with E-state index < -0.39 is 0 Å². The molecule has 1 N–H and O–H groups in total. The van der Waals surface area contributed by atoms with E-state index in [1.807, 2.05) is 40.9 Å². The molecule has 1 amide bonds. The van der Waals surface area contributed by atoms with Gasteiger partial charge in [-0.3, -0.25) is 9.36 Å². The highest BCUT2D eigenvalue weighted by Crippen LogP contribution is 2.24. The van der Waals surface area contributed by atoms with E-state index in [0.717, 1.165) is 31.3 Å². The van der Waals surface area contributed by atoms with Gasteiger partial charge in [-0.2, -0.15) is 0 Å². The highest BCUT2D eigenvalue weighted by Gasteiger charge is 2.23. The molecule has 0 bridgehead atoms. The van der Waals surface area contributed by atoms with Gasteiger partial charge in [-0.15, -0.1) is 10.2 Å². The number of nitrogens with one attached hydrogen (secondary N) is 1. The summed E-state index contributed by atoms with van der Waals surface area (Å²) < 4.78 is 7.40. The van der Waals surface area contributed by atoms with Crippen LogP contribution in [0.25, 0.3) is 11.6 Å². The van der Waals surface area contributed by atoms with Crippen LogP contribution in [0.15, 0.2) is 52.5 Å². The maximum atomic E-state index is 12.7. The summed E-state index contributed by atoms with van der Waals surface area (Å²) in [6.07, 6.45) is 5.46. The van der Waals surface area contributed by atoms with Crippen LogP contribution in [-0.4, -0.2) is 57.5 Å². The molecule has 0 spiro atoms. The van der Waals surface area contributed by atoms with Crippen molar-refractivity contribution < 1.29 is 14.2 Å². The lowest BCUT2D eigenvalue weighted by molar-refractivity contribution is -0.377. The first kappa shape index (κ1) is 18.5. The predicted molar refractivity (Wildman–Crippen MR) is 106 cm³/mol. The van der Waals surface area contributed by atoms with Gasteiger partial charge < -0.3 is 14.2 Å². The predicted octanol–water partition coefficient (Wildman–Crippen LogP) is 1.81. The van der Waals surface area contributed by atoms with Gasteiger partial charge in [0.2, 0.25) is 5.91 Å². The lowest BCUT2D eigenvalue weighted by Crippen LogP contribution is -2.49. The Morgan fingerprint density at radius 1 is 1.18 bits per heavy atom. The molecule has 0 radical (unpaired) electrons. The molecular weight excluding hydrogens is 376 g/mol. The van der Waals surface area contributed by atoms with Crippen LogP contribution in [0.3, 0.4) is 0 Å². The van der Waals surface area contributed by atoms with E-state index in [9.17, 15) is 4.79 Å². The number of anilines is 1. The third kappa shape index (κ3) is 3.89. The molecule has 0 unspecified atom stereocenters. The molecule has 1 fully saturated rings. The Morgan fingerprint density at radius 2 is 1.96 bits per heavy atom. The first-order valence-corrected chi connectivity index (χ1v) is 10.3. The van der Waals surface area contributed by atoms with Crippen LogP contribution in [0.5, 0.6) is 0 Å². The van der Waals surface area contributed by atoms with Crippen molar-refractivity contribution >= 4 is 23.4 Å². The number of aromatic amines is 1. The molecule has 3 aromatic rings. The van der Waals surface area contributed by atoms with Crippen molar-refractivity contribution in [2.75, 3.05) is 36.8 Å². The molecule has 0 aromatic carbocycles. The van der Waals surface area contributed by atoms with Crippen molar-refractivity contribution in [3.8, 4) is 11.6 Å². The van der Waals surface area contributed by atoms with Crippen LogP contribution in [0.4, 0.5) is 5.69 Å². The number of furan rings is 1. The van der Waals surface area contributed by atoms with Crippen LogP contribution >= 0.6 is 11.8 Å². The second-order valence-corrected chi connectivity index (χ2v) is 7.38. The van der Waals surface area contributed by atoms with Gasteiger partial charge in [0.1, 0.15) is 0 Å². The summed E-state index contributed by atoms with van der Waals surface area (Å²) in [7, 11) is 0. The lowest BCUT2D eigenvalue weighted by atomic mass is 10.2. The smallest absolute Gasteiger partial charge is 0.233 e. The number of carbonyl (C=O) groups is 1. The second kappa shape index (κ2) is 8.47. The molecule has 3 aromatic heterocycles. The topological polar surface area (TPSA) is 81.5 Å². The average Bonchev–Trinajstić information content (AvgIpc) is 3.42. The molecule has 8 nitrogen and oxygen atoms in total. The molecule has 4 heterocycles. The van der Waals surface area contributed by atoms with E-state index in [2.05, 4.69) is 32.2 Å². The van der Waals surface area contributed by atoms with Gasteiger partial charge in [0.05, 0.1) is 12.0 Å². The standard InChI is InChI=1S/C19H22N6O2S/c1-2-25-18(16-4-3-13-27-16)21-22-19(25)28-14-17(26)24-11-9-23(10-12-24)15-5-7-20-8-6-15/h3-8,13H,2,9-12,14H2,1H3/p+1. The molecule has 4 rings (SSSR count). The zero-order valence-corrected chi connectivity index (χ0v) is 16.6. The minimum absolute atomic E-state index is 0.135. The minimum atomic E-state index is 0.135. The van der Waals surface area contributed by atoms with Gasteiger partial charge in [-0.1, -0.05) is 11.8 Å². The molecule has 9 heteroatoms. The summed E-state index contributed by atoms with van der Waals surface area (Å²) in [5, 5.41) is 9.21. The Kier molecular flexibility index (Phi) is 5.61. The number of nitrogens with zero attached hydrogens (tertiary/aromatic N) is 5. The number of rotatable bonds is 6. The van der Waals surface area contributed by atoms with E-state index in [0.29, 0.717) is 23.9 Å². The summed E-state index contributed by atoms with van der Waals surface area (Å²) in [4.78, 5) is 19.9. The maximum Gasteiger partial charge on any atom is 0.233 e. The first-order chi connectivity index (χ1) is 13.8. The molecule has 0 saturated carbocycles. The van der Waals surface area contributed by atoms with Gasteiger partial charge >= 0.3 is 0 Å². The van der Waals surface area contributed by atoms with Gasteiger partial charge in [0, 0.05) is 50.5 Å². The molecule has 146 valence electrons. The summed E-state index contributed by atoms with van der Waals surface area (Å²) >= 11 is 1.43. The van der Waals surface area contributed by atoms with E-state index >= 15 is 0 Å². The van der Waals surface area contributed by atoms with Gasteiger partial charge in [0.15, 0.2) is 29.1 Å². The van der Waals surface area contributed by atoms with Crippen LogP contribution in [0, 0.1) is 0 Å². The summed E-state index contributed by atoms with van der Waals surface area (Å²) in [5.41, 5.74) is 1.18. The fourth-order valence-electron chi connectivity index (χ4n) is 3.29. The molecule has 0 aliphatic carbocycles. The Balaban J connectivity index is 1.33. The third-order valence-electron chi connectivity index (χ3n) is 4.80. The highest BCUT2D eigenvalue weighted by molar-refractivity contribution is 7.99. The summed E-state index contributed by atoms with van der Waals surface area (Å²) in [6.45, 7) is 5.89. The van der Waals surface area contributed by atoms with Crippen molar-refractivity contribution in [2.24, 2.45) is 0 Å². The SMILES string of the molecule is CCn1c(SCC(=O)N2CCN(c3cc[nH+]cc3)CC2)nnc1-c1ccco1. The molecule has 1 aliphatic heterocycles. The number of carbonyl (C=O) groups excluding carboxylic acids is 1. The van der Waals surface area contributed by atoms with E-state index in [1.165, 1.54) is 17.4 Å². The number of H-pyrrole nitrogens is 1. The molecule has 1 aliphatic rings. The molecule has 28 heavy (non-hydrogen) atoms. The van der Waals surface area contributed by atoms with Gasteiger partial charge in [-0.25, -0.2) is 4.98 Å². The number of hydrogen-bond donors (Lipinski definition) is 0. The van der Waals surface area contributed by atoms with Crippen LogP contribution < -0.4 is 9.88 Å². The lowest BCUT2D eigenvalue weighted by Gasteiger charge is -2.35. The Hall–Kier alpha value is -2.81. The quantitative estimate of drug-likeness (QED) is 0.588. The molecule has 1 saturated heterocycles. The third-order valence-corrected chi connectivity index (χ3v) is 5.75. The Labute approximate surface area is 167 Å². The van der Waals surface area contributed by atoms with Crippen LogP contribution in [0.2, 0.25) is 0 Å². The summed E-state index contributed by atoms with van der Waals surface area (Å²) in [6, 6.07) is 7.80. The second-order valence-electron chi connectivity index (χ2n) is 6.44. The monoisotopic (exact) mass is 399 g/mol. The van der Waals surface area contributed by atoms with Crippen molar-refractivity contribution in [1.29, 1.82) is 0 Å². The number of aromatic nitrogens is 4. The maximum absolute atomic E-state index is 12.7. The van der Waals surface area contributed by atoms with Crippen molar-refractivity contribution in [1.82, 2.24) is 19.7 Å². The number of pyridine rings is 1. The molecule has 0 atom stereocenters. The number of thioether (sulfide) groups is 1. The average molecular weight is 400 g/mol. The van der Waals surface area contributed by atoms with Crippen molar-refractivity contribution in [3.63, 3.8) is 0 Å².